The van der Waals surface area contributed by atoms with Gasteiger partial charge in [0.1, 0.15) is 11.5 Å². The van der Waals surface area contributed by atoms with Crippen LogP contribution < -0.4 is 9.64 Å². The third kappa shape index (κ3) is 3.50. The number of hydrogen-bond acceptors (Lipinski definition) is 4. The molecule has 1 unspecified atom stereocenters. The van der Waals surface area contributed by atoms with Crippen LogP contribution in [0, 0.1) is 0 Å². The molecular formula is C24H18BrNO4. The Balaban J connectivity index is 1.93. The van der Waals surface area contributed by atoms with Crippen LogP contribution in [0.3, 0.4) is 0 Å². The number of halogens is 1. The molecule has 1 amide bonds. The third-order valence-electron chi connectivity index (χ3n) is 5.01. The van der Waals surface area contributed by atoms with Crippen molar-refractivity contribution in [3.8, 4) is 5.75 Å². The van der Waals surface area contributed by atoms with E-state index in [0.29, 0.717) is 17.0 Å². The summed E-state index contributed by atoms with van der Waals surface area (Å²) in [5.74, 6) is -1.07. The van der Waals surface area contributed by atoms with Gasteiger partial charge in [-0.25, -0.2) is 0 Å². The van der Waals surface area contributed by atoms with E-state index in [-0.39, 0.29) is 11.3 Å². The molecule has 0 aromatic heterocycles. The molecule has 30 heavy (non-hydrogen) atoms. The summed E-state index contributed by atoms with van der Waals surface area (Å²) < 4.78 is 6.13. The maximum Gasteiger partial charge on any atom is 0.300 e. The molecule has 4 rings (SSSR count). The first-order chi connectivity index (χ1) is 14.5. The van der Waals surface area contributed by atoms with Crippen LogP contribution in [-0.2, 0) is 9.59 Å². The number of rotatable bonds is 4. The number of nitrogens with zero attached hydrogens (tertiary/aromatic N) is 1. The number of methoxy groups -OCH3 is 1. The second kappa shape index (κ2) is 8.16. The van der Waals surface area contributed by atoms with Crippen molar-refractivity contribution in [3.05, 3.63) is 100 Å². The van der Waals surface area contributed by atoms with E-state index in [9.17, 15) is 14.7 Å². The predicted molar refractivity (Wildman–Crippen MR) is 118 cm³/mol. The second-order valence-corrected chi connectivity index (χ2v) is 7.70. The number of Topliss-reactive ketones (excluding diaryl/α,β-unsaturated/α-hetero) is 1. The number of anilines is 1. The zero-order valence-corrected chi connectivity index (χ0v) is 17.7. The van der Waals surface area contributed by atoms with Gasteiger partial charge in [-0.2, -0.15) is 0 Å². The lowest BCUT2D eigenvalue weighted by atomic mass is 9.95. The van der Waals surface area contributed by atoms with Gasteiger partial charge in [-0.05, 0) is 29.8 Å². The largest absolute Gasteiger partial charge is 0.507 e. The summed E-state index contributed by atoms with van der Waals surface area (Å²) >= 11 is 3.36. The Morgan fingerprint density at radius 2 is 1.67 bits per heavy atom. The molecule has 0 saturated carbocycles. The molecular weight excluding hydrogens is 446 g/mol. The number of ether oxygens (including phenoxy) is 1. The molecule has 1 saturated heterocycles. The van der Waals surface area contributed by atoms with Crippen molar-refractivity contribution in [2.75, 3.05) is 12.0 Å². The molecule has 0 spiro atoms. The lowest BCUT2D eigenvalue weighted by molar-refractivity contribution is -0.132. The van der Waals surface area contributed by atoms with E-state index < -0.39 is 17.7 Å². The summed E-state index contributed by atoms with van der Waals surface area (Å²) in [4.78, 5) is 27.5. The molecule has 3 aromatic rings. The van der Waals surface area contributed by atoms with Crippen molar-refractivity contribution in [3.63, 3.8) is 0 Å². The van der Waals surface area contributed by atoms with Crippen molar-refractivity contribution < 1.29 is 19.4 Å². The molecule has 150 valence electrons. The fourth-order valence-corrected chi connectivity index (χ4v) is 3.84. The molecule has 1 heterocycles. The molecule has 1 fully saturated rings. The Morgan fingerprint density at radius 1 is 0.967 bits per heavy atom. The molecule has 0 bridgehead atoms. The van der Waals surface area contributed by atoms with Gasteiger partial charge in [-0.15, -0.1) is 0 Å². The fourth-order valence-electron chi connectivity index (χ4n) is 3.57. The van der Waals surface area contributed by atoms with E-state index in [1.807, 2.05) is 30.3 Å². The van der Waals surface area contributed by atoms with E-state index in [2.05, 4.69) is 15.9 Å². The average Bonchev–Trinajstić information content (AvgIpc) is 3.05. The van der Waals surface area contributed by atoms with Crippen molar-refractivity contribution in [2.24, 2.45) is 0 Å². The zero-order valence-electron chi connectivity index (χ0n) is 16.1. The zero-order chi connectivity index (χ0) is 21.3. The number of ketones is 1. The molecule has 0 aliphatic carbocycles. The number of benzene rings is 3. The van der Waals surface area contributed by atoms with Crippen LogP contribution >= 0.6 is 15.9 Å². The molecule has 0 radical (unpaired) electrons. The van der Waals surface area contributed by atoms with Gasteiger partial charge in [0.15, 0.2) is 0 Å². The summed E-state index contributed by atoms with van der Waals surface area (Å²) in [5.41, 5.74) is 1.75. The molecule has 5 nitrogen and oxygen atoms in total. The first-order valence-electron chi connectivity index (χ1n) is 9.27. The number of aliphatic hydroxyl groups excluding tert-OH is 1. The summed E-state index contributed by atoms with van der Waals surface area (Å²) in [5, 5.41) is 11.0. The van der Waals surface area contributed by atoms with Gasteiger partial charge in [0, 0.05) is 21.8 Å². The standard InChI is InChI=1S/C24H18BrNO4/c1-30-19-9-5-8-18(14-19)26-21(15-6-3-2-4-7-15)20(23(28)24(26)29)22(27)16-10-12-17(25)13-11-16/h2-14,21,27H,1H3/b22-20+. The Bertz CT molecular complexity index is 1140. The minimum atomic E-state index is -0.762. The van der Waals surface area contributed by atoms with Crippen molar-refractivity contribution in [1.29, 1.82) is 0 Å². The summed E-state index contributed by atoms with van der Waals surface area (Å²) in [6.45, 7) is 0. The average molecular weight is 464 g/mol. The Hall–Kier alpha value is -3.38. The van der Waals surface area contributed by atoms with E-state index in [1.54, 1.807) is 48.5 Å². The molecule has 1 aliphatic heterocycles. The highest BCUT2D eigenvalue weighted by molar-refractivity contribution is 9.10. The molecule has 1 aliphatic rings. The van der Waals surface area contributed by atoms with Gasteiger partial charge in [-0.3, -0.25) is 14.5 Å². The fraction of sp³-hybridized carbons (Fsp3) is 0.0833. The lowest BCUT2D eigenvalue weighted by Gasteiger charge is -2.25. The normalized spacial score (nSPS) is 17.9. The van der Waals surface area contributed by atoms with E-state index in [4.69, 9.17) is 4.74 Å². The van der Waals surface area contributed by atoms with Crippen molar-refractivity contribution in [2.45, 2.75) is 6.04 Å². The monoisotopic (exact) mass is 463 g/mol. The number of hydrogen-bond donors (Lipinski definition) is 1. The minimum absolute atomic E-state index is 0.0522. The quantitative estimate of drug-likeness (QED) is 0.332. The SMILES string of the molecule is COc1cccc(N2C(=O)C(=O)/C(=C(/O)c3ccc(Br)cc3)C2c2ccccc2)c1. The Morgan fingerprint density at radius 3 is 2.33 bits per heavy atom. The second-order valence-electron chi connectivity index (χ2n) is 6.79. The topological polar surface area (TPSA) is 66.8 Å². The smallest absolute Gasteiger partial charge is 0.300 e. The van der Waals surface area contributed by atoms with Gasteiger partial charge in [0.2, 0.25) is 0 Å². The van der Waals surface area contributed by atoms with Crippen molar-refractivity contribution in [1.82, 2.24) is 0 Å². The summed E-state index contributed by atoms with van der Waals surface area (Å²) in [6.07, 6.45) is 0. The van der Waals surface area contributed by atoms with Crippen LogP contribution in [0.5, 0.6) is 5.75 Å². The molecule has 6 heteroatoms. The maximum absolute atomic E-state index is 13.1. The van der Waals surface area contributed by atoms with Crippen molar-refractivity contribution >= 4 is 39.1 Å². The molecule has 3 aromatic carbocycles. The Labute approximate surface area is 182 Å². The molecule has 1 atom stereocenters. The van der Waals surface area contributed by atoms with Gasteiger partial charge in [0.05, 0.1) is 18.7 Å². The van der Waals surface area contributed by atoms with Crippen LogP contribution in [0.4, 0.5) is 5.69 Å². The van der Waals surface area contributed by atoms with Gasteiger partial charge >= 0.3 is 0 Å². The summed E-state index contributed by atoms with van der Waals surface area (Å²) in [7, 11) is 1.54. The van der Waals surface area contributed by atoms with Crippen LogP contribution in [0.2, 0.25) is 0 Å². The summed E-state index contributed by atoms with van der Waals surface area (Å²) in [6, 6.07) is 22.3. The maximum atomic E-state index is 13.1. The number of carbonyl (C=O) groups excluding carboxylic acids is 2. The van der Waals surface area contributed by atoms with Crippen LogP contribution in [0.15, 0.2) is 88.9 Å². The highest BCUT2D eigenvalue weighted by Gasteiger charge is 2.46. The minimum Gasteiger partial charge on any atom is -0.507 e. The van der Waals surface area contributed by atoms with E-state index in [0.717, 1.165) is 10.0 Å². The van der Waals surface area contributed by atoms with Gasteiger partial charge < -0.3 is 9.84 Å². The first-order valence-corrected chi connectivity index (χ1v) is 10.1. The predicted octanol–water partition coefficient (Wildman–Crippen LogP) is 5.08. The van der Waals surface area contributed by atoms with E-state index >= 15 is 0 Å². The van der Waals surface area contributed by atoms with Gasteiger partial charge in [0.25, 0.3) is 11.7 Å². The highest BCUT2D eigenvalue weighted by Crippen LogP contribution is 2.42. The number of aliphatic hydroxyl groups is 1. The Kier molecular flexibility index (Phi) is 5.42. The van der Waals surface area contributed by atoms with Crippen LogP contribution in [0.25, 0.3) is 5.76 Å². The molecule has 1 N–H and O–H groups in total. The lowest BCUT2D eigenvalue weighted by Crippen LogP contribution is -2.29. The third-order valence-corrected chi connectivity index (χ3v) is 5.54. The highest BCUT2D eigenvalue weighted by atomic mass is 79.9. The van der Waals surface area contributed by atoms with Crippen LogP contribution in [0.1, 0.15) is 17.2 Å². The number of carbonyl (C=O) groups is 2. The number of amides is 1. The van der Waals surface area contributed by atoms with Crippen LogP contribution in [-0.4, -0.2) is 23.9 Å². The first kappa shape index (κ1) is 19.9. The van der Waals surface area contributed by atoms with E-state index in [1.165, 1.54) is 12.0 Å². The van der Waals surface area contributed by atoms with Gasteiger partial charge in [-0.1, -0.05) is 64.5 Å².